The second-order valence-electron chi connectivity index (χ2n) is 3.61. The normalized spacial score (nSPS) is 12.8. The highest BCUT2D eigenvalue weighted by Crippen LogP contribution is 2.29. The molecule has 1 rings (SSSR count). The molecule has 1 aromatic rings. The van der Waals surface area contributed by atoms with Crippen LogP contribution in [0.2, 0.25) is 0 Å². The molecule has 1 aromatic heterocycles. The Hall–Kier alpha value is 0.0400. The number of halogens is 1. The summed E-state index contributed by atoms with van der Waals surface area (Å²) in [5.74, 6) is -0.176. The van der Waals surface area contributed by atoms with E-state index in [-0.39, 0.29) is 22.9 Å². The van der Waals surface area contributed by atoms with Gasteiger partial charge in [0, 0.05) is 17.2 Å². The van der Waals surface area contributed by atoms with Crippen LogP contribution in [-0.2, 0) is 19.9 Å². The van der Waals surface area contributed by atoms with Crippen LogP contribution >= 0.6 is 27.3 Å². The lowest BCUT2D eigenvalue weighted by Gasteiger charge is -2.06. The summed E-state index contributed by atoms with van der Waals surface area (Å²) in [6.45, 7) is 3.13. The minimum Gasteiger partial charge on any atom is -0.229 e. The number of hydrogen-bond donors (Lipinski definition) is 1. The predicted molar refractivity (Wildman–Crippen MR) is 76.3 cm³/mol. The maximum absolute atomic E-state index is 11.9. The van der Waals surface area contributed by atoms with Crippen LogP contribution in [0.25, 0.3) is 0 Å². The van der Waals surface area contributed by atoms with Gasteiger partial charge in [-0.25, -0.2) is 21.6 Å². The zero-order chi connectivity index (χ0) is 14.0. The average Bonchev–Trinajstić information content (AvgIpc) is 2.58. The van der Waals surface area contributed by atoms with E-state index < -0.39 is 19.9 Å². The van der Waals surface area contributed by atoms with Crippen molar-refractivity contribution in [3.8, 4) is 0 Å². The summed E-state index contributed by atoms with van der Waals surface area (Å²) >= 11 is 4.54. The van der Waals surface area contributed by atoms with Crippen molar-refractivity contribution in [2.45, 2.75) is 18.7 Å². The number of sulfonamides is 1. The number of aryl methyl sites for hydroxylation is 1. The van der Waals surface area contributed by atoms with Crippen molar-refractivity contribution >= 4 is 47.1 Å². The van der Waals surface area contributed by atoms with Gasteiger partial charge in [0.05, 0.1) is 14.4 Å². The molecule has 5 nitrogen and oxygen atoms in total. The Labute approximate surface area is 120 Å². The van der Waals surface area contributed by atoms with Crippen LogP contribution < -0.4 is 4.72 Å². The van der Waals surface area contributed by atoms with Crippen molar-refractivity contribution in [3.05, 3.63) is 14.7 Å². The van der Waals surface area contributed by atoms with Crippen LogP contribution in [0.5, 0.6) is 0 Å². The van der Waals surface area contributed by atoms with Gasteiger partial charge in [0.2, 0.25) is 10.0 Å². The van der Waals surface area contributed by atoms with Gasteiger partial charge in [0.25, 0.3) is 0 Å². The van der Waals surface area contributed by atoms with Crippen LogP contribution in [0.3, 0.4) is 0 Å². The van der Waals surface area contributed by atoms with Crippen LogP contribution in [0, 0.1) is 6.92 Å². The fourth-order valence-electron chi connectivity index (χ4n) is 1.25. The number of sulfone groups is 1. The molecule has 0 unspecified atom stereocenters. The quantitative estimate of drug-likeness (QED) is 0.817. The van der Waals surface area contributed by atoms with Crippen LogP contribution in [-0.4, -0.2) is 34.9 Å². The summed E-state index contributed by atoms with van der Waals surface area (Å²) in [5, 5.41) is 0. The van der Waals surface area contributed by atoms with Gasteiger partial charge in [-0.3, -0.25) is 0 Å². The van der Waals surface area contributed by atoms with E-state index >= 15 is 0 Å². The van der Waals surface area contributed by atoms with Crippen molar-refractivity contribution in [2.24, 2.45) is 0 Å². The highest BCUT2D eigenvalue weighted by Gasteiger charge is 2.19. The van der Waals surface area contributed by atoms with E-state index in [9.17, 15) is 16.8 Å². The van der Waals surface area contributed by atoms with Crippen LogP contribution in [0.1, 0.15) is 11.8 Å². The minimum atomic E-state index is -3.63. The third-order valence-corrected chi connectivity index (χ3v) is 7.25. The molecule has 1 N–H and O–H groups in total. The maximum atomic E-state index is 11.9. The Morgan fingerprint density at radius 3 is 2.39 bits per heavy atom. The van der Waals surface area contributed by atoms with Crippen molar-refractivity contribution in [3.63, 3.8) is 0 Å². The topological polar surface area (TPSA) is 80.3 Å². The van der Waals surface area contributed by atoms with Crippen molar-refractivity contribution in [2.75, 3.05) is 18.1 Å². The third kappa shape index (κ3) is 4.30. The van der Waals surface area contributed by atoms with Crippen LogP contribution in [0.15, 0.2) is 14.7 Å². The molecular weight excluding hydrogens is 362 g/mol. The lowest BCUT2D eigenvalue weighted by Crippen LogP contribution is -2.29. The Balaban J connectivity index is 2.76. The molecule has 0 aromatic carbocycles. The van der Waals surface area contributed by atoms with E-state index in [1.165, 1.54) is 24.3 Å². The fourth-order valence-corrected chi connectivity index (χ4v) is 5.53. The minimum absolute atomic E-state index is 0.0117. The summed E-state index contributed by atoms with van der Waals surface area (Å²) in [7, 11) is -6.80. The number of thiophene rings is 1. The highest BCUT2D eigenvalue weighted by atomic mass is 79.9. The second-order valence-corrected chi connectivity index (χ2v) is 10.4. The summed E-state index contributed by atoms with van der Waals surface area (Å²) in [4.78, 5) is 0.848. The first-order chi connectivity index (χ1) is 8.18. The van der Waals surface area contributed by atoms with Gasteiger partial charge < -0.3 is 0 Å². The molecule has 1 heterocycles. The van der Waals surface area contributed by atoms with E-state index in [4.69, 9.17) is 0 Å². The molecule has 0 aliphatic rings. The van der Waals surface area contributed by atoms with Gasteiger partial charge in [0.15, 0.2) is 9.84 Å². The number of rotatable bonds is 6. The van der Waals surface area contributed by atoms with E-state index in [0.29, 0.717) is 4.88 Å². The van der Waals surface area contributed by atoms with Crippen molar-refractivity contribution in [1.29, 1.82) is 0 Å². The first-order valence-corrected chi connectivity index (χ1v) is 10.1. The van der Waals surface area contributed by atoms with E-state index in [1.807, 2.05) is 0 Å². The largest absolute Gasteiger partial charge is 0.241 e. The molecule has 0 aliphatic heterocycles. The molecule has 0 bridgehead atoms. The summed E-state index contributed by atoms with van der Waals surface area (Å²) in [6, 6.07) is 1.51. The number of hydrogen-bond acceptors (Lipinski definition) is 5. The second kappa shape index (κ2) is 6.00. The third-order valence-electron chi connectivity index (χ3n) is 2.28. The molecule has 0 atom stereocenters. The molecular formula is C9H14BrNO4S3. The summed E-state index contributed by atoms with van der Waals surface area (Å²) in [6.07, 6.45) is 0. The van der Waals surface area contributed by atoms with E-state index in [1.54, 1.807) is 6.92 Å². The predicted octanol–water partition coefficient (Wildman–Crippen LogP) is 1.53. The Morgan fingerprint density at radius 1 is 1.33 bits per heavy atom. The van der Waals surface area contributed by atoms with Gasteiger partial charge in [-0.05, 0) is 28.9 Å². The molecule has 0 spiro atoms. The highest BCUT2D eigenvalue weighted by molar-refractivity contribution is 9.11. The molecule has 18 heavy (non-hydrogen) atoms. The maximum Gasteiger partial charge on any atom is 0.241 e. The van der Waals surface area contributed by atoms with Gasteiger partial charge >= 0.3 is 0 Å². The van der Waals surface area contributed by atoms with Gasteiger partial charge in [-0.1, -0.05) is 6.92 Å². The average molecular weight is 376 g/mol. The lowest BCUT2D eigenvalue weighted by atomic mass is 10.5. The van der Waals surface area contributed by atoms with Gasteiger partial charge in [0.1, 0.15) is 0 Å². The first kappa shape index (κ1) is 16.1. The van der Waals surface area contributed by atoms with Crippen molar-refractivity contribution in [1.82, 2.24) is 4.72 Å². The molecule has 0 radical (unpaired) electrons. The Kier molecular flexibility index (Phi) is 5.36. The number of nitrogens with one attached hydrogen (secondary N) is 1. The zero-order valence-corrected chi connectivity index (χ0v) is 14.0. The van der Waals surface area contributed by atoms with Gasteiger partial charge in [-0.15, -0.1) is 11.3 Å². The smallest absolute Gasteiger partial charge is 0.229 e. The van der Waals surface area contributed by atoms with Gasteiger partial charge in [-0.2, -0.15) is 0 Å². The molecule has 0 saturated heterocycles. The molecule has 0 fully saturated rings. The lowest BCUT2D eigenvalue weighted by molar-refractivity contribution is 0.581. The molecule has 0 amide bonds. The van der Waals surface area contributed by atoms with Crippen molar-refractivity contribution < 1.29 is 16.8 Å². The first-order valence-electron chi connectivity index (χ1n) is 5.14. The van der Waals surface area contributed by atoms with E-state index in [2.05, 4.69) is 20.7 Å². The SMILES string of the molecule is CCS(=O)(=O)CCNS(=O)(=O)c1cc(Br)sc1C. The Morgan fingerprint density at radius 2 is 1.94 bits per heavy atom. The summed E-state index contributed by atoms with van der Waals surface area (Å²) < 4.78 is 49.4. The van der Waals surface area contributed by atoms with E-state index in [0.717, 1.165) is 3.79 Å². The molecule has 0 aliphatic carbocycles. The fraction of sp³-hybridized carbons (Fsp3) is 0.556. The molecule has 0 saturated carbocycles. The Bertz CT molecular complexity index is 618. The van der Waals surface area contributed by atoms with Crippen LogP contribution in [0.4, 0.5) is 0 Å². The monoisotopic (exact) mass is 375 g/mol. The summed E-state index contributed by atoms with van der Waals surface area (Å²) in [5.41, 5.74) is 0. The molecule has 9 heteroatoms. The molecule has 104 valence electrons. The zero-order valence-electron chi connectivity index (χ0n) is 9.93. The standard InChI is InChI=1S/C9H14BrNO4S3/c1-3-17(12,13)5-4-11-18(14,15)8-6-9(10)16-7(8)2/h6,11H,3-5H2,1-2H3.